The van der Waals surface area contributed by atoms with Gasteiger partial charge in [-0.2, -0.15) is 0 Å². The van der Waals surface area contributed by atoms with Crippen LogP contribution in [0.1, 0.15) is 16.6 Å². The number of rotatable bonds is 5. The van der Waals surface area contributed by atoms with Crippen LogP contribution in [0.4, 0.5) is 0 Å². The normalized spacial score (nSPS) is 12.5. The Labute approximate surface area is 127 Å². The third-order valence-corrected chi connectivity index (χ3v) is 4.47. The summed E-state index contributed by atoms with van der Waals surface area (Å²) in [6, 6.07) is 16.1. The van der Waals surface area contributed by atoms with Gasteiger partial charge in [0.25, 0.3) is 0 Å². The first-order valence-electron chi connectivity index (χ1n) is 6.74. The minimum Gasteiger partial charge on any atom is -0.497 e. The Balaban J connectivity index is 1.86. The standard InChI is InChI=1S/C16H17N3OS/c1-20-12-6-4-5-11(9-12)14(19-17)10-16-18-13-7-2-3-8-15(13)21-16/h2-9,14,19H,10,17H2,1H3. The zero-order valence-corrected chi connectivity index (χ0v) is 12.6. The summed E-state index contributed by atoms with van der Waals surface area (Å²) < 4.78 is 6.47. The molecule has 0 amide bonds. The summed E-state index contributed by atoms with van der Waals surface area (Å²) in [5.74, 6) is 6.56. The van der Waals surface area contributed by atoms with E-state index < -0.39 is 0 Å². The van der Waals surface area contributed by atoms with Gasteiger partial charge in [-0.15, -0.1) is 11.3 Å². The van der Waals surface area contributed by atoms with Gasteiger partial charge in [-0.05, 0) is 29.8 Å². The second-order valence-electron chi connectivity index (χ2n) is 4.78. The number of hydrogen-bond donors (Lipinski definition) is 2. The molecule has 1 aromatic heterocycles. The Hall–Kier alpha value is -1.95. The highest BCUT2D eigenvalue weighted by molar-refractivity contribution is 7.18. The lowest BCUT2D eigenvalue weighted by molar-refractivity contribution is 0.413. The molecule has 0 aliphatic rings. The molecule has 0 saturated carbocycles. The third kappa shape index (κ3) is 3.05. The van der Waals surface area contributed by atoms with E-state index in [1.165, 1.54) is 4.70 Å². The van der Waals surface area contributed by atoms with E-state index in [0.29, 0.717) is 0 Å². The van der Waals surface area contributed by atoms with Crippen molar-refractivity contribution in [1.82, 2.24) is 10.4 Å². The highest BCUT2D eigenvalue weighted by Crippen LogP contribution is 2.27. The van der Waals surface area contributed by atoms with E-state index in [2.05, 4.69) is 16.5 Å². The number of thiazole rings is 1. The number of aromatic nitrogens is 1. The maximum Gasteiger partial charge on any atom is 0.119 e. The van der Waals surface area contributed by atoms with Crippen LogP contribution in [-0.2, 0) is 6.42 Å². The van der Waals surface area contributed by atoms with Crippen LogP contribution in [0.3, 0.4) is 0 Å². The molecule has 0 aliphatic heterocycles. The van der Waals surface area contributed by atoms with Crippen LogP contribution in [0.2, 0.25) is 0 Å². The van der Waals surface area contributed by atoms with Gasteiger partial charge in [-0.25, -0.2) is 4.98 Å². The molecule has 3 rings (SSSR count). The summed E-state index contributed by atoms with van der Waals surface area (Å²) in [6.07, 6.45) is 0.753. The number of nitrogens with one attached hydrogen (secondary N) is 1. The Morgan fingerprint density at radius 1 is 1.24 bits per heavy atom. The second kappa shape index (κ2) is 6.22. The number of fused-ring (bicyclic) bond motifs is 1. The quantitative estimate of drug-likeness (QED) is 0.561. The highest BCUT2D eigenvalue weighted by atomic mass is 32.1. The topological polar surface area (TPSA) is 60.2 Å². The van der Waals surface area contributed by atoms with E-state index in [-0.39, 0.29) is 6.04 Å². The van der Waals surface area contributed by atoms with E-state index in [1.54, 1.807) is 18.4 Å². The average molecular weight is 299 g/mol. The summed E-state index contributed by atoms with van der Waals surface area (Å²) in [4.78, 5) is 4.66. The molecular weight excluding hydrogens is 282 g/mol. The van der Waals surface area contributed by atoms with Crippen molar-refractivity contribution in [2.45, 2.75) is 12.5 Å². The maximum atomic E-state index is 5.72. The summed E-state index contributed by atoms with van der Waals surface area (Å²) in [7, 11) is 1.66. The van der Waals surface area contributed by atoms with Crippen molar-refractivity contribution in [3.8, 4) is 5.75 Å². The molecule has 21 heavy (non-hydrogen) atoms. The molecule has 1 heterocycles. The molecule has 2 aromatic carbocycles. The van der Waals surface area contributed by atoms with E-state index in [1.807, 2.05) is 42.5 Å². The lowest BCUT2D eigenvalue weighted by Gasteiger charge is -2.15. The molecule has 108 valence electrons. The summed E-state index contributed by atoms with van der Waals surface area (Å²) in [5.41, 5.74) is 5.01. The second-order valence-corrected chi connectivity index (χ2v) is 5.89. The molecule has 0 saturated heterocycles. The molecule has 1 atom stereocenters. The van der Waals surface area contributed by atoms with E-state index in [4.69, 9.17) is 10.6 Å². The molecule has 5 heteroatoms. The van der Waals surface area contributed by atoms with Gasteiger partial charge in [0.05, 0.1) is 28.4 Å². The number of para-hydroxylation sites is 1. The van der Waals surface area contributed by atoms with Gasteiger partial charge in [0.2, 0.25) is 0 Å². The van der Waals surface area contributed by atoms with Crippen LogP contribution in [0.25, 0.3) is 10.2 Å². The molecule has 4 nitrogen and oxygen atoms in total. The third-order valence-electron chi connectivity index (χ3n) is 3.41. The number of hydrazine groups is 1. The number of methoxy groups -OCH3 is 1. The average Bonchev–Trinajstić information content (AvgIpc) is 2.95. The SMILES string of the molecule is COc1cccc(C(Cc2nc3ccccc3s2)NN)c1. The zero-order valence-electron chi connectivity index (χ0n) is 11.7. The number of benzene rings is 2. The van der Waals surface area contributed by atoms with E-state index in [0.717, 1.165) is 28.3 Å². The van der Waals surface area contributed by atoms with Gasteiger partial charge in [-0.1, -0.05) is 24.3 Å². The predicted molar refractivity (Wildman–Crippen MR) is 86.4 cm³/mol. The van der Waals surface area contributed by atoms with Crippen LogP contribution >= 0.6 is 11.3 Å². The van der Waals surface area contributed by atoms with Gasteiger partial charge < -0.3 is 4.74 Å². The van der Waals surface area contributed by atoms with Gasteiger partial charge in [0, 0.05) is 6.42 Å². The maximum absolute atomic E-state index is 5.72. The first kappa shape index (κ1) is 14.0. The van der Waals surface area contributed by atoms with Crippen molar-refractivity contribution in [3.05, 3.63) is 59.1 Å². The molecule has 1 unspecified atom stereocenters. The summed E-state index contributed by atoms with van der Waals surface area (Å²) in [5, 5.41) is 1.07. The Morgan fingerprint density at radius 2 is 2.10 bits per heavy atom. The molecule has 0 aliphatic carbocycles. The van der Waals surface area contributed by atoms with Crippen molar-refractivity contribution in [1.29, 1.82) is 0 Å². The summed E-state index contributed by atoms with van der Waals surface area (Å²) in [6.45, 7) is 0. The van der Waals surface area contributed by atoms with Crippen LogP contribution in [-0.4, -0.2) is 12.1 Å². The fraction of sp³-hybridized carbons (Fsp3) is 0.188. The zero-order chi connectivity index (χ0) is 14.7. The van der Waals surface area contributed by atoms with E-state index in [9.17, 15) is 0 Å². The molecule has 0 spiro atoms. The summed E-state index contributed by atoms with van der Waals surface area (Å²) >= 11 is 1.71. The monoisotopic (exact) mass is 299 g/mol. The fourth-order valence-electron chi connectivity index (χ4n) is 2.31. The molecule has 0 bridgehead atoms. The Bertz CT molecular complexity index is 708. The fourth-order valence-corrected chi connectivity index (χ4v) is 3.33. The van der Waals surface area contributed by atoms with Crippen molar-refractivity contribution in [2.75, 3.05) is 7.11 Å². The minimum atomic E-state index is 0.0145. The van der Waals surface area contributed by atoms with Crippen molar-refractivity contribution in [2.24, 2.45) is 5.84 Å². The Kier molecular flexibility index (Phi) is 4.15. The highest BCUT2D eigenvalue weighted by Gasteiger charge is 2.14. The van der Waals surface area contributed by atoms with Crippen molar-refractivity contribution >= 4 is 21.6 Å². The number of nitrogens with two attached hydrogens (primary N) is 1. The molecule has 3 aromatic rings. The molecular formula is C16H17N3OS. The lowest BCUT2D eigenvalue weighted by Crippen LogP contribution is -2.29. The molecule has 3 N–H and O–H groups in total. The van der Waals surface area contributed by atoms with E-state index >= 15 is 0 Å². The number of ether oxygens (including phenoxy) is 1. The van der Waals surface area contributed by atoms with Crippen LogP contribution in [0, 0.1) is 0 Å². The Morgan fingerprint density at radius 3 is 2.86 bits per heavy atom. The lowest BCUT2D eigenvalue weighted by atomic mass is 10.0. The van der Waals surface area contributed by atoms with Gasteiger partial charge in [-0.3, -0.25) is 11.3 Å². The number of hydrogen-bond acceptors (Lipinski definition) is 5. The first-order valence-corrected chi connectivity index (χ1v) is 7.56. The van der Waals surface area contributed by atoms with Gasteiger partial charge >= 0.3 is 0 Å². The van der Waals surface area contributed by atoms with Crippen LogP contribution < -0.4 is 16.0 Å². The minimum absolute atomic E-state index is 0.0145. The smallest absolute Gasteiger partial charge is 0.119 e. The van der Waals surface area contributed by atoms with Crippen molar-refractivity contribution < 1.29 is 4.74 Å². The predicted octanol–water partition coefficient (Wildman–Crippen LogP) is 3.05. The van der Waals surface area contributed by atoms with Crippen molar-refractivity contribution in [3.63, 3.8) is 0 Å². The van der Waals surface area contributed by atoms with Crippen LogP contribution in [0.15, 0.2) is 48.5 Å². The van der Waals surface area contributed by atoms with Gasteiger partial charge in [0.15, 0.2) is 0 Å². The molecule has 0 radical (unpaired) electrons. The van der Waals surface area contributed by atoms with Gasteiger partial charge in [0.1, 0.15) is 5.75 Å². The first-order chi connectivity index (χ1) is 10.3. The number of nitrogens with zero attached hydrogens (tertiary/aromatic N) is 1. The van der Waals surface area contributed by atoms with Crippen LogP contribution in [0.5, 0.6) is 5.75 Å². The largest absolute Gasteiger partial charge is 0.497 e. The molecule has 0 fully saturated rings.